The van der Waals surface area contributed by atoms with Gasteiger partial charge in [-0.25, -0.2) is 9.37 Å². The maximum absolute atomic E-state index is 13.9. The zero-order valence-electron chi connectivity index (χ0n) is 24.1. The normalized spacial score (nSPS) is 17.2. The number of ether oxygens (including phenoxy) is 1. The Morgan fingerprint density at radius 3 is 2.41 bits per heavy atom. The Labute approximate surface area is 238 Å². The minimum atomic E-state index is -0.969. The van der Waals surface area contributed by atoms with Gasteiger partial charge in [0.2, 0.25) is 5.95 Å². The highest BCUT2D eigenvalue weighted by Crippen LogP contribution is 2.43. The third-order valence-electron chi connectivity index (χ3n) is 7.40. The van der Waals surface area contributed by atoms with Gasteiger partial charge in [0, 0.05) is 5.56 Å². The van der Waals surface area contributed by atoms with E-state index in [1.165, 1.54) is 23.1 Å². The number of anilines is 1. The van der Waals surface area contributed by atoms with Crippen LogP contribution in [-0.2, 0) is 15.0 Å². The first-order valence-electron chi connectivity index (χ1n) is 13.7. The summed E-state index contributed by atoms with van der Waals surface area (Å²) < 4.78 is 19.7. The number of aliphatic hydroxyl groups is 1. The Morgan fingerprint density at radius 2 is 1.78 bits per heavy atom. The van der Waals surface area contributed by atoms with Crippen molar-refractivity contribution in [2.24, 2.45) is 0 Å². The molecule has 1 aliphatic rings. The molecular formula is C33H34FN3O4. The molecule has 1 saturated heterocycles. The van der Waals surface area contributed by atoms with Crippen LogP contribution >= 0.6 is 0 Å². The molecular weight excluding hydrogens is 521 g/mol. The lowest BCUT2D eigenvalue weighted by atomic mass is 9.85. The van der Waals surface area contributed by atoms with Gasteiger partial charge >= 0.3 is 5.91 Å². The Kier molecular flexibility index (Phi) is 7.19. The fraction of sp³-hybridized carbons (Fsp3) is 0.303. The number of Topliss-reactive ketones (excluding diaryl/α,β-unsaturated/α-hetero) is 1. The van der Waals surface area contributed by atoms with Gasteiger partial charge in [-0.1, -0.05) is 58.9 Å². The summed E-state index contributed by atoms with van der Waals surface area (Å²) in [7, 11) is 0. The van der Waals surface area contributed by atoms with Gasteiger partial charge in [-0.05, 0) is 71.3 Å². The number of benzene rings is 3. The number of nitrogens with one attached hydrogen (secondary N) is 1. The van der Waals surface area contributed by atoms with E-state index in [9.17, 15) is 19.1 Å². The van der Waals surface area contributed by atoms with Gasteiger partial charge in [0.25, 0.3) is 5.78 Å². The molecule has 2 N–H and O–H groups in total. The molecule has 2 heterocycles. The minimum Gasteiger partial charge on any atom is -0.507 e. The van der Waals surface area contributed by atoms with E-state index in [1.54, 1.807) is 18.2 Å². The molecule has 1 aromatic heterocycles. The molecule has 7 nitrogen and oxygen atoms in total. The van der Waals surface area contributed by atoms with E-state index in [-0.39, 0.29) is 28.6 Å². The van der Waals surface area contributed by atoms with Crippen LogP contribution in [-0.4, -0.2) is 33.4 Å². The fourth-order valence-corrected chi connectivity index (χ4v) is 5.20. The number of imidazole rings is 1. The third-order valence-corrected chi connectivity index (χ3v) is 7.40. The maximum atomic E-state index is 13.9. The number of carbonyl (C=O) groups is 2. The monoisotopic (exact) mass is 555 g/mol. The molecule has 0 spiro atoms. The van der Waals surface area contributed by atoms with Crippen LogP contribution in [0.15, 0.2) is 66.2 Å². The summed E-state index contributed by atoms with van der Waals surface area (Å²) in [6, 6.07) is 16.0. The predicted molar refractivity (Wildman–Crippen MR) is 158 cm³/mol. The average Bonchev–Trinajstić information content (AvgIpc) is 3.45. The van der Waals surface area contributed by atoms with Gasteiger partial charge in [-0.15, -0.1) is 0 Å². The molecule has 3 aromatic carbocycles. The first-order valence-corrected chi connectivity index (χ1v) is 13.7. The van der Waals surface area contributed by atoms with Crippen LogP contribution in [0.4, 0.5) is 10.3 Å². The number of aliphatic hydroxyl groups excluding tert-OH is 1. The second kappa shape index (κ2) is 10.5. The van der Waals surface area contributed by atoms with E-state index in [0.29, 0.717) is 34.5 Å². The van der Waals surface area contributed by atoms with Gasteiger partial charge in [0.05, 0.1) is 29.3 Å². The van der Waals surface area contributed by atoms with Crippen LogP contribution in [0.25, 0.3) is 16.8 Å². The number of fused-ring (bicyclic) bond motifs is 1. The smallest absolute Gasteiger partial charge is 0.302 e. The molecule has 1 atom stereocenters. The van der Waals surface area contributed by atoms with E-state index in [1.807, 2.05) is 45.0 Å². The molecule has 1 fully saturated rings. The van der Waals surface area contributed by atoms with Crippen molar-refractivity contribution in [2.75, 3.05) is 11.5 Å². The lowest BCUT2D eigenvalue weighted by molar-refractivity contribution is -0.132. The summed E-state index contributed by atoms with van der Waals surface area (Å²) in [5, 5.41) is 11.7. The highest BCUT2D eigenvalue weighted by atomic mass is 19.1. The number of aromatic amines is 1. The summed E-state index contributed by atoms with van der Waals surface area (Å²) in [5.41, 5.74) is 3.64. The number of halogens is 1. The molecule has 212 valence electrons. The first kappa shape index (κ1) is 28.1. The van der Waals surface area contributed by atoms with Crippen molar-refractivity contribution in [1.29, 1.82) is 0 Å². The number of ketones is 1. The van der Waals surface area contributed by atoms with Crippen molar-refractivity contribution in [3.8, 4) is 5.75 Å². The van der Waals surface area contributed by atoms with Crippen molar-refractivity contribution in [2.45, 2.75) is 58.9 Å². The maximum Gasteiger partial charge on any atom is 0.302 e. The highest BCUT2D eigenvalue weighted by Gasteiger charge is 2.48. The Balaban J connectivity index is 1.71. The van der Waals surface area contributed by atoms with Crippen molar-refractivity contribution in [1.82, 2.24) is 9.97 Å². The zero-order chi connectivity index (χ0) is 29.6. The highest BCUT2D eigenvalue weighted by molar-refractivity contribution is 6.51. The molecule has 8 heteroatoms. The number of hydrogen-bond acceptors (Lipinski definition) is 5. The minimum absolute atomic E-state index is 0.0518. The van der Waals surface area contributed by atoms with Gasteiger partial charge in [0.1, 0.15) is 17.3 Å². The topological polar surface area (TPSA) is 95.5 Å². The number of amides is 1. The standard InChI is InChI=1S/C33H34FN3O4/c1-7-41-26-15-10-20(16-23(26)18(2)3)29(38)27-28(19-8-11-21(12-9-19)33(4,5)6)37(31(40)30(27)39)32-35-24-14-13-22(34)17-25(24)36-32/h8-18,28,38H,7H2,1-6H3,(H,35,36)/b29-27+. The van der Waals surface area contributed by atoms with E-state index < -0.39 is 23.5 Å². The molecule has 0 saturated carbocycles. The molecule has 1 aliphatic heterocycles. The predicted octanol–water partition coefficient (Wildman–Crippen LogP) is 7.15. The van der Waals surface area contributed by atoms with E-state index >= 15 is 0 Å². The van der Waals surface area contributed by atoms with Gasteiger partial charge in [0.15, 0.2) is 0 Å². The lowest BCUT2D eigenvalue weighted by Crippen LogP contribution is -2.30. The average molecular weight is 556 g/mol. The Hall–Kier alpha value is -4.46. The molecule has 4 aromatic rings. The van der Waals surface area contributed by atoms with Gasteiger partial charge in [-0.3, -0.25) is 14.5 Å². The number of rotatable bonds is 6. The summed E-state index contributed by atoms with van der Waals surface area (Å²) in [6.07, 6.45) is 0. The number of H-pyrrole nitrogens is 1. The largest absolute Gasteiger partial charge is 0.507 e. The van der Waals surface area contributed by atoms with Gasteiger partial charge < -0.3 is 14.8 Å². The molecule has 1 unspecified atom stereocenters. The lowest BCUT2D eigenvalue weighted by Gasteiger charge is -2.25. The molecule has 1 amide bonds. The van der Waals surface area contributed by atoms with E-state index in [2.05, 4.69) is 30.7 Å². The summed E-state index contributed by atoms with van der Waals surface area (Å²) in [4.78, 5) is 36.0. The van der Waals surface area contributed by atoms with E-state index in [0.717, 1.165) is 11.1 Å². The first-order chi connectivity index (χ1) is 19.4. The molecule has 41 heavy (non-hydrogen) atoms. The van der Waals surface area contributed by atoms with Crippen molar-refractivity contribution >= 4 is 34.4 Å². The third kappa shape index (κ3) is 5.10. The molecule has 0 radical (unpaired) electrons. The van der Waals surface area contributed by atoms with Crippen LogP contribution in [0, 0.1) is 5.82 Å². The fourth-order valence-electron chi connectivity index (χ4n) is 5.20. The summed E-state index contributed by atoms with van der Waals surface area (Å²) in [6.45, 7) is 12.7. The number of hydrogen-bond donors (Lipinski definition) is 2. The van der Waals surface area contributed by atoms with Crippen LogP contribution in [0.1, 0.15) is 75.8 Å². The van der Waals surface area contributed by atoms with Crippen LogP contribution < -0.4 is 9.64 Å². The van der Waals surface area contributed by atoms with Crippen molar-refractivity contribution < 1.29 is 23.8 Å². The van der Waals surface area contributed by atoms with Crippen LogP contribution in [0.5, 0.6) is 5.75 Å². The summed E-state index contributed by atoms with van der Waals surface area (Å²) >= 11 is 0. The number of aromatic nitrogens is 2. The summed E-state index contributed by atoms with van der Waals surface area (Å²) in [5.74, 6) is -1.55. The SMILES string of the molecule is CCOc1ccc(/C(O)=C2\C(=O)C(=O)N(c3nc4ccc(F)cc4[nH]3)C2c2ccc(C(C)(C)C)cc2)cc1C(C)C. The van der Waals surface area contributed by atoms with E-state index in [4.69, 9.17) is 4.74 Å². The van der Waals surface area contributed by atoms with Crippen molar-refractivity contribution in [3.63, 3.8) is 0 Å². The number of nitrogens with zero attached hydrogens (tertiary/aromatic N) is 2. The van der Waals surface area contributed by atoms with Crippen molar-refractivity contribution in [3.05, 3.63) is 94.3 Å². The second-order valence-corrected chi connectivity index (χ2v) is 11.6. The molecule has 5 rings (SSSR count). The second-order valence-electron chi connectivity index (χ2n) is 11.6. The Bertz CT molecular complexity index is 1680. The van der Waals surface area contributed by atoms with Crippen LogP contribution in [0.3, 0.4) is 0 Å². The van der Waals surface area contributed by atoms with Gasteiger partial charge in [-0.2, -0.15) is 0 Å². The van der Waals surface area contributed by atoms with Crippen LogP contribution in [0.2, 0.25) is 0 Å². The molecule has 0 bridgehead atoms. The Morgan fingerprint density at radius 1 is 1.07 bits per heavy atom. The quantitative estimate of drug-likeness (QED) is 0.150. The molecule has 0 aliphatic carbocycles. The zero-order valence-corrected chi connectivity index (χ0v) is 24.1. The number of carbonyl (C=O) groups excluding carboxylic acids is 2.